The highest BCUT2D eigenvalue weighted by molar-refractivity contribution is 6.31. The van der Waals surface area contributed by atoms with Gasteiger partial charge in [0, 0.05) is 27.5 Å². The molecule has 3 nitrogen and oxygen atoms in total. The molecule has 3 rings (SSSR count). The van der Waals surface area contributed by atoms with Crippen LogP contribution in [0.15, 0.2) is 42.5 Å². The molecular weight excluding hydrogens is 322 g/mol. The summed E-state index contributed by atoms with van der Waals surface area (Å²) < 4.78 is 4.92. The molecule has 0 aliphatic carbocycles. The SMILES string of the molecule is COC(=O)CC(c1ccc(C)cc1)c1c(C)[nH]c2cc(Cl)ccc12. The minimum Gasteiger partial charge on any atom is -0.469 e. The number of ether oxygens (including phenoxy) is 1. The van der Waals surface area contributed by atoms with Gasteiger partial charge in [-0.25, -0.2) is 0 Å². The second kappa shape index (κ2) is 6.70. The molecule has 0 spiro atoms. The summed E-state index contributed by atoms with van der Waals surface area (Å²) in [6.07, 6.45) is 0.302. The molecule has 0 fully saturated rings. The number of hydrogen-bond donors (Lipinski definition) is 1. The van der Waals surface area contributed by atoms with Crippen molar-refractivity contribution in [3.05, 3.63) is 69.9 Å². The molecule has 0 saturated carbocycles. The van der Waals surface area contributed by atoms with Crippen LogP contribution < -0.4 is 0 Å². The molecule has 0 saturated heterocycles. The monoisotopic (exact) mass is 341 g/mol. The number of aromatic nitrogens is 1. The lowest BCUT2D eigenvalue weighted by molar-refractivity contribution is -0.140. The lowest BCUT2D eigenvalue weighted by Crippen LogP contribution is -2.11. The van der Waals surface area contributed by atoms with E-state index in [0.717, 1.165) is 27.7 Å². The van der Waals surface area contributed by atoms with Gasteiger partial charge in [-0.2, -0.15) is 0 Å². The Balaban J connectivity index is 2.16. The highest BCUT2D eigenvalue weighted by Crippen LogP contribution is 2.37. The van der Waals surface area contributed by atoms with Gasteiger partial charge in [0.25, 0.3) is 0 Å². The van der Waals surface area contributed by atoms with Gasteiger partial charge in [0.1, 0.15) is 0 Å². The number of carbonyl (C=O) groups is 1. The second-order valence-electron chi connectivity index (χ2n) is 6.10. The number of fused-ring (bicyclic) bond motifs is 1. The van der Waals surface area contributed by atoms with E-state index < -0.39 is 0 Å². The van der Waals surface area contributed by atoms with Crippen LogP contribution >= 0.6 is 11.6 Å². The molecule has 1 heterocycles. The standard InChI is InChI=1S/C20H20ClNO2/c1-12-4-6-14(7-5-12)17(11-19(23)24-3)20-13(2)22-18-10-15(21)8-9-16(18)20/h4-10,17,22H,11H2,1-3H3. The summed E-state index contributed by atoms with van der Waals surface area (Å²) in [5.41, 5.74) is 5.44. The topological polar surface area (TPSA) is 42.1 Å². The maximum Gasteiger partial charge on any atom is 0.306 e. The van der Waals surface area contributed by atoms with Crippen LogP contribution in [0.4, 0.5) is 0 Å². The average Bonchev–Trinajstić information content (AvgIpc) is 2.88. The Bertz CT molecular complexity index is 881. The Labute approximate surface area is 146 Å². The summed E-state index contributed by atoms with van der Waals surface area (Å²) in [6, 6.07) is 14.1. The summed E-state index contributed by atoms with van der Waals surface area (Å²) in [6.45, 7) is 4.08. The van der Waals surface area contributed by atoms with Crippen molar-refractivity contribution in [3.63, 3.8) is 0 Å². The lowest BCUT2D eigenvalue weighted by atomic mass is 9.86. The fraction of sp³-hybridized carbons (Fsp3) is 0.250. The predicted molar refractivity (Wildman–Crippen MR) is 97.7 cm³/mol. The highest BCUT2D eigenvalue weighted by Gasteiger charge is 2.24. The molecule has 0 amide bonds. The number of benzene rings is 2. The second-order valence-corrected chi connectivity index (χ2v) is 6.53. The van der Waals surface area contributed by atoms with Crippen LogP contribution in [0.1, 0.15) is 34.7 Å². The van der Waals surface area contributed by atoms with E-state index in [-0.39, 0.29) is 11.9 Å². The van der Waals surface area contributed by atoms with Gasteiger partial charge in [0.15, 0.2) is 0 Å². The Kier molecular flexibility index (Phi) is 4.63. The number of halogens is 1. The van der Waals surface area contributed by atoms with Crippen LogP contribution in [0.3, 0.4) is 0 Å². The third-order valence-electron chi connectivity index (χ3n) is 4.42. The van der Waals surface area contributed by atoms with Crippen molar-refractivity contribution in [3.8, 4) is 0 Å². The summed E-state index contributed by atoms with van der Waals surface area (Å²) in [4.78, 5) is 15.4. The number of nitrogens with one attached hydrogen (secondary N) is 1. The molecule has 0 bridgehead atoms. The zero-order valence-electron chi connectivity index (χ0n) is 14.0. The normalized spacial score (nSPS) is 12.3. The Morgan fingerprint density at radius 2 is 1.88 bits per heavy atom. The van der Waals surface area contributed by atoms with E-state index in [2.05, 4.69) is 36.2 Å². The zero-order valence-corrected chi connectivity index (χ0v) is 14.8. The number of carbonyl (C=O) groups excluding carboxylic acids is 1. The maximum atomic E-state index is 12.0. The first kappa shape index (κ1) is 16.6. The third kappa shape index (κ3) is 3.17. The molecule has 0 aliphatic heterocycles. The number of H-pyrrole nitrogens is 1. The largest absolute Gasteiger partial charge is 0.469 e. The smallest absolute Gasteiger partial charge is 0.306 e. The molecule has 0 radical (unpaired) electrons. The van der Waals surface area contributed by atoms with Gasteiger partial charge in [-0.05, 0) is 37.1 Å². The van der Waals surface area contributed by atoms with Gasteiger partial charge in [-0.15, -0.1) is 0 Å². The minimum absolute atomic E-state index is 0.0621. The van der Waals surface area contributed by atoms with Crippen LogP contribution in [0.25, 0.3) is 10.9 Å². The average molecular weight is 342 g/mol. The van der Waals surface area contributed by atoms with Gasteiger partial charge in [0.2, 0.25) is 0 Å². The van der Waals surface area contributed by atoms with Gasteiger partial charge in [0.05, 0.1) is 13.5 Å². The Morgan fingerprint density at radius 1 is 1.17 bits per heavy atom. The number of aryl methyl sites for hydroxylation is 2. The first-order chi connectivity index (χ1) is 11.5. The molecule has 1 N–H and O–H groups in total. The van der Waals surface area contributed by atoms with Gasteiger partial charge in [-0.3, -0.25) is 4.79 Å². The first-order valence-corrected chi connectivity index (χ1v) is 8.28. The van der Waals surface area contributed by atoms with Crippen molar-refractivity contribution in [2.75, 3.05) is 7.11 Å². The number of methoxy groups -OCH3 is 1. The summed E-state index contributed by atoms with van der Waals surface area (Å²) in [7, 11) is 1.43. The summed E-state index contributed by atoms with van der Waals surface area (Å²) >= 11 is 6.11. The molecule has 1 atom stereocenters. The minimum atomic E-state index is -0.219. The molecule has 4 heteroatoms. The predicted octanol–water partition coefficient (Wildman–Crippen LogP) is 5.13. The first-order valence-electron chi connectivity index (χ1n) is 7.90. The zero-order chi connectivity index (χ0) is 17.3. The van der Waals surface area contributed by atoms with Crippen molar-refractivity contribution >= 4 is 28.5 Å². The van der Waals surface area contributed by atoms with Crippen LogP contribution in [-0.4, -0.2) is 18.1 Å². The van der Waals surface area contributed by atoms with E-state index >= 15 is 0 Å². The Morgan fingerprint density at radius 3 is 2.54 bits per heavy atom. The van der Waals surface area contributed by atoms with Crippen LogP contribution in [0, 0.1) is 13.8 Å². The van der Waals surface area contributed by atoms with E-state index in [1.54, 1.807) is 0 Å². The fourth-order valence-corrected chi connectivity index (χ4v) is 3.38. The highest BCUT2D eigenvalue weighted by atomic mass is 35.5. The molecule has 0 aliphatic rings. The molecule has 3 aromatic rings. The van der Waals surface area contributed by atoms with Crippen molar-refractivity contribution < 1.29 is 9.53 Å². The number of esters is 1. The van der Waals surface area contributed by atoms with E-state index in [1.165, 1.54) is 12.7 Å². The number of rotatable bonds is 4. The lowest BCUT2D eigenvalue weighted by Gasteiger charge is -2.18. The van der Waals surface area contributed by atoms with Crippen molar-refractivity contribution in [1.29, 1.82) is 0 Å². The molecule has 1 unspecified atom stereocenters. The molecule has 2 aromatic carbocycles. The molecule has 24 heavy (non-hydrogen) atoms. The van der Waals surface area contributed by atoms with E-state index in [0.29, 0.717) is 11.4 Å². The van der Waals surface area contributed by atoms with E-state index in [4.69, 9.17) is 16.3 Å². The third-order valence-corrected chi connectivity index (χ3v) is 4.66. The molecule has 1 aromatic heterocycles. The molecule has 124 valence electrons. The Hall–Kier alpha value is -2.26. The maximum absolute atomic E-state index is 12.0. The van der Waals surface area contributed by atoms with Crippen molar-refractivity contribution in [2.24, 2.45) is 0 Å². The summed E-state index contributed by atoms with van der Waals surface area (Å²) in [5.74, 6) is -0.281. The fourth-order valence-electron chi connectivity index (χ4n) is 3.21. The van der Waals surface area contributed by atoms with Crippen LogP contribution in [0.2, 0.25) is 5.02 Å². The summed E-state index contributed by atoms with van der Waals surface area (Å²) in [5, 5.41) is 1.78. The van der Waals surface area contributed by atoms with Crippen LogP contribution in [-0.2, 0) is 9.53 Å². The van der Waals surface area contributed by atoms with Gasteiger partial charge in [-0.1, -0.05) is 47.5 Å². The van der Waals surface area contributed by atoms with Crippen molar-refractivity contribution in [2.45, 2.75) is 26.2 Å². The quantitative estimate of drug-likeness (QED) is 0.668. The molecular formula is C20H20ClNO2. The van der Waals surface area contributed by atoms with E-state index in [9.17, 15) is 4.79 Å². The van der Waals surface area contributed by atoms with Gasteiger partial charge >= 0.3 is 5.97 Å². The van der Waals surface area contributed by atoms with Gasteiger partial charge < -0.3 is 9.72 Å². The number of aromatic amines is 1. The number of hydrogen-bond acceptors (Lipinski definition) is 2. The van der Waals surface area contributed by atoms with Crippen LogP contribution in [0.5, 0.6) is 0 Å². The van der Waals surface area contributed by atoms with E-state index in [1.807, 2.05) is 25.1 Å². The van der Waals surface area contributed by atoms with Crippen molar-refractivity contribution in [1.82, 2.24) is 4.98 Å².